The summed E-state index contributed by atoms with van der Waals surface area (Å²) in [5.41, 5.74) is 0. The van der Waals surface area contributed by atoms with E-state index in [0.717, 1.165) is 12.2 Å². The molecule has 79 heavy (non-hydrogen) atoms. The molecule has 452 valence electrons. The third kappa shape index (κ3) is 15.1. The van der Waals surface area contributed by atoms with Crippen LogP contribution in [0, 0.1) is 23.7 Å². The average molecular weight is 1140 g/mol. The predicted molar refractivity (Wildman–Crippen MR) is 261 cm³/mol. The second-order valence-electron chi connectivity index (χ2n) is 22.7. The summed E-state index contributed by atoms with van der Waals surface area (Å²) in [6, 6.07) is 0. The molecule has 4 saturated heterocycles. The van der Waals surface area contributed by atoms with Crippen LogP contribution in [-0.4, -0.2) is 275 Å². The van der Waals surface area contributed by atoms with Crippen molar-refractivity contribution in [2.75, 3.05) is 26.9 Å². The van der Waals surface area contributed by atoms with E-state index in [0.29, 0.717) is 32.1 Å². The van der Waals surface area contributed by atoms with Crippen molar-refractivity contribution in [3.63, 3.8) is 0 Å². The first-order valence-electron chi connectivity index (χ1n) is 27.6. The molecule has 8 aliphatic rings. The van der Waals surface area contributed by atoms with Gasteiger partial charge in [0.05, 0.1) is 73.8 Å². The molecular weight excluding hydrogens is 1060 g/mol. The van der Waals surface area contributed by atoms with E-state index in [4.69, 9.17) is 47.4 Å². The number of methoxy groups -OCH3 is 1. The van der Waals surface area contributed by atoms with E-state index in [9.17, 15) is 86.2 Å². The first-order chi connectivity index (χ1) is 37.6. The van der Waals surface area contributed by atoms with Gasteiger partial charge in [0, 0.05) is 31.6 Å². The fourth-order valence-corrected chi connectivity index (χ4v) is 12.4. The smallest absolute Gasteiger partial charge is 0.330 e. The topological polar surface area (TPSA) is 430 Å². The van der Waals surface area contributed by atoms with E-state index < -0.39 is 203 Å². The number of allylic oxidation sites excluding steroid dienone is 2. The minimum Gasteiger partial charge on any atom is -0.460 e. The summed E-state index contributed by atoms with van der Waals surface area (Å²) in [5, 5.41) is 161. The highest BCUT2D eigenvalue weighted by atomic mass is 16.8. The van der Waals surface area contributed by atoms with Crippen LogP contribution in [0.1, 0.15) is 77.0 Å². The number of hydrogen-bond donors (Lipinski definition) is 15. The van der Waals surface area contributed by atoms with Crippen LogP contribution < -0.4 is 0 Å². The number of hydrogen-bond acceptors (Lipinski definition) is 27. The zero-order valence-corrected chi connectivity index (χ0v) is 43.8. The Labute approximate surface area is 455 Å². The molecule has 30 atom stereocenters. The lowest BCUT2D eigenvalue weighted by Crippen LogP contribution is -2.66. The fraction of sp³-hybridized carbons (Fsp3) is 0.885. The molecule has 4 aliphatic heterocycles. The number of carbonyl (C=O) groups is 2. The van der Waals surface area contributed by atoms with Gasteiger partial charge in [0.15, 0.2) is 18.9 Å². The standard InChI is InChI=1S/C52H82O27/c1-70-33-14-23(6-9-28(33)57)48-34(17-25-31(73-48)15-24(54)16-32(25)74-50-46(68)43(65)40(62)35(18-53)76-50)75-52-49(45(67)42(64)37(78-52)20-72-39(61)11-5-22-3-8-27(56)30(59)13-22)79-51-47(69)44(66)41(63)36(77-51)19-71-38(60)10-4-21-2-7-26(55)29(58)12-21/h4-5,10-11,21-37,40-59,62-69H,2-3,6-9,12-20H2,1H3. The normalized spacial score (nSPS) is 49.1. The van der Waals surface area contributed by atoms with Crippen molar-refractivity contribution >= 4 is 11.9 Å². The van der Waals surface area contributed by atoms with Gasteiger partial charge in [-0.1, -0.05) is 12.2 Å². The molecule has 0 radical (unpaired) electrons. The maximum atomic E-state index is 13.1. The number of aliphatic hydroxyl groups is 15. The summed E-state index contributed by atoms with van der Waals surface area (Å²) in [5.74, 6) is -3.40. The molecule has 27 heteroatoms. The zero-order valence-electron chi connectivity index (χ0n) is 43.8. The van der Waals surface area contributed by atoms with E-state index in [1.807, 2.05) is 0 Å². The van der Waals surface area contributed by atoms with Crippen LogP contribution in [0.4, 0.5) is 0 Å². The van der Waals surface area contributed by atoms with Crippen molar-refractivity contribution in [2.45, 2.75) is 236 Å². The highest BCUT2D eigenvalue weighted by molar-refractivity contribution is 5.82. The number of ether oxygens (including phenoxy) is 10. The van der Waals surface area contributed by atoms with Crippen LogP contribution in [-0.2, 0) is 57.0 Å². The Kier molecular flexibility index (Phi) is 22.1. The van der Waals surface area contributed by atoms with E-state index in [2.05, 4.69) is 0 Å². The molecule has 0 amide bonds. The zero-order chi connectivity index (χ0) is 57.0. The van der Waals surface area contributed by atoms with Gasteiger partial charge in [-0.25, -0.2) is 9.59 Å². The second kappa shape index (κ2) is 27.9. The lowest BCUT2D eigenvalue weighted by atomic mass is 9.72. The summed E-state index contributed by atoms with van der Waals surface area (Å²) in [4.78, 5) is 25.9. The summed E-state index contributed by atoms with van der Waals surface area (Å²) in [6.07, 6.45) is -28.6. The van der Waals surface area contributed by atoms with E-state index in [1.54, 1.807) is 0 Å². The molecule has 4 aliphatic carbocycles. The van der Waals surface area contributed by atoms with Crippen LogP contribution in [0.5, 0.6) is 0 Å². The van der Waals surface area contributed by atoms with Crippen molar-refractivity contribution in [3.8, 4) is 0 Å². The van der Waals surface area contributed by atoms with Crippen LogP contribution >= 0.6 is 0 Å². The lowest BCUT2D eigenvalue weighted by molar-refractivity contribution is -0.380. The quantitative estimate of drug-likeness (QED) is 0.0477. The van der Waals surface area contributed by atoms with Gasteiger partial charge in [-0.2, -0.15) is 0 Å². The fourth-order valence-electron chi connectivity index (χ4n) is 12.4. The van der Waals surface area contributed by atoms with Crippen molar-refractivity contribution in [2.24, 2.45) is 23.7 Å². The molecule has 0 aromatic heterocycles. The average Bonchev–Trinajstić information content (AvgIpc) is 3.59. The lowest BCUT2D eigenvalue weighted by Gasteiger charge is -2.53. The van der Waals surface area contributed by atoms with Crippen molar-refractivity contribution in [3.05, 3.63) is 24.3 Å². The number of fused-ring (bicyclic) bond motifs is 1. The van der Waals surface area contributed by atoms with Crippen LogP contribution in [0.2, 0.25) is 0 Å². The summed E-state index contributed by atoms with van der Waals surface area (Å²) in [7, 11) is 1.45. The molecule has 4 heterocycles. The Bertz CT molecular complexity index is 2000. The molecule has 30 unspecified atom stereocenters. The van der Waals surface area contributed by atoms with Crippen LogP contribution in [0.15, 0.2) is 24.3 Å². The minimum atomic E-state index is -2.06. The third-order valence-corrected chi connectivity index (χ3v) is 17.2. The summed E-state index contributed by atoms with van der Waals surface area (Å²) in [6.45, 7) is -2.12. The van der Waals surface area contributed by atoms with Gasteiger partial charge in [-0.05, 0) is 88.4 Å². The Balaban J connectivity index is 1.05. The molecular formula is C52H82O27. The van der Waals surface area contributed by atoms with Gasteiger partial charge >= 0.3 is 11.9 Å². The van der Waals surface area contributed by atoms with E-state index in [-0.39, 0.29) is 56.8 Å². The van der Waals surface area contributed by atoms with Crippen molar-refractivity contribution in [1.29, 1.82) is 0 Å². The second-order valence-corrected chi connectivity index (χ2v) is 22.7. The molecule has 4 saturated carbocycles. The first kappa shape index (κ1) is 62.5. The van der Waals surface area contributed by atoms with Gasteiger partial charge in [-0.3, -0.25) is 0 Å². The number of esters is 2. The molecule has 8 rings (SSSR count). The monoisotopic (exact) mass is 1140 g/mol. The number of carbonyl (C=O) groups excluding carboxylic acids is 2. The van der Waals surface area contributed by atoms with Gasteiger partial charge in [-0.15, -0.1) is 0 Å². The highest BCUT2D eigenvalue weighted by Crippen LogP contribution is 2.46. The first-order valence-corrected chi connectivity index (χ1v) is 27.6. The SMILES string of the molecule is COC1CC(C2OC3CC(O)CC(OC4OC(CO)C(O)C(O)C4O)C3CC2OC2OC(COC(=O)C=CC3CCC(O)C(O)C3)C(O)C(O)C2OC2OC(COC(=O)C=CC3CCC(O)C(O)C3)C(O)C(O)C2O)CCC1O. The number of rotatable bonds is 17. The largest absolute Gasteiger partial charge is 0.460 e. The predicted octanol–water partition coefficient (Wildman–Crippen LogP) is -5.46. The van der Waals surface area contributed by atoms with E-state index >= 15 is 0 Å². The molecule has 0 bridgehead atoms. The van der Waals surface area contributed by atoms with Crippen LogP contribution in [0.25, 0.3) is 0 Å². The Morgan fingerprint density at radius 2 is 0.975 bits per heavy atom. The minimum absolute atomic E-state index is 0.00203. The van der Waals surface area contributed by atoms with Crippen molar-refractivity contribution in [1.82, 2.24) is 0 Å². The Morgan fingerprint density at radius 3 is 1.53 bits per heavy atom. The van der Waals surface area contributed by atoms with Gasteiger partial charge in [0.1, 0.15) is 86.5 Å². The summed E-state index contributed by atoms with van der Waals surface area (Å²) >= 11 is 0. The summed E-state index contributed by atoms with van der Waals surface area (Å²) < 4.78 is 60.5. The van der Waals surface area contributed by atoms with Crippen LogP contribution in [0.3, 0.4) is 0 Å². The molecule has 27 nitrogen and oxygen atoms in total. The molecule has 8 fully saturated rings. The molecule has 15 N–H and O–H groups in total. The number of aliphatic hydroxyl groups excluding tert-OH is 15. The van der Waals surface area contributed by atoms with Crippen molar-refractivity contribution < 1.29 is 134 Å². The maximum absolute atomic E-state index is 13.1. The molecule has 0 spiro atoms. The van der Waals surface area contributed by atoms with Gasteiger partial charge in [0.25, 0.3) is 0 Å². The molecule has 0 aromatic rings. The Morgan fingerprint density at radius 1 is 0.468 bits per heavy atom. The highest BCUT2D eigenvalue weighted by Gasteiger charge is 2.56. The Hall–Kier alpha value is -2.50. The third-order valence-electron chi connectivity index (χ3n) is 17.2. The maximum Gasteiger partial charge on any atom is 0.330 e. The van der Waals surface area contributed by atoms with E-state index in [1.165, 1.54) is 19.3 Å². The van der Waals surface area contributed by atoms with Gasteiger partial charge < -0.3 is 124 Å². The van der Waals surface area contributed by atoms with Gasteiger partial charge in [0.2, 0.25) is 0 Å². The molecule has 0 aromatic carbocycles.